The highest BCUT2D eigenvalue weighted by molar-refractivity contribution is 6.32. The second kappa shape index (κ2) is 6.05. The third kappa shape index (κ3) is 3.64. The van der Waals surface area contributed by atoms with Crippen molar-refractivity contribution in [1.29, 1.82) is 0 Å². The third-order valence-electron chi connectivity index (χ3n) is 4.43. The minimum Gasteiger partial charge on any atom is -0.489 e. The van der Waals surface area contributed by atoms with Crippen LogP contribution in [-0.4, -0.2) is 19.3 Å². The van der Waals surface area contributed by atoms with Gasteiger partial charge in [-0.15, -0.1) is 0 Å². The second-order valence-corrected chi connectivity index (χ2v) is 7.35. The lowest BCUT2D eigenvalue weighted by Crippen LogP contribution is -2.26. The molecule has 1 atom stereocenters. The molecular formula is C17H24ClNO2. The molecule has 4 heteroatoms. The maximum atomic E-state index is 6.33. The minimum atomic E-state index is 0.472. The summed E-state index contributed by atoms with van der Waals surface area (Å²) in [6, 6.07) is 4.65. The van der Waals surface area contributed by atoms with Crippen molar-refractivity contribution in [2.75, 3.05) is 13.2 Å². The quantitative estimate of drug-likeness (QED) is 0.909. The Morgan fingerprint density at radius 3 is 2.86 bits per heavy atom. The third-order valence-corrected chi connectivity index (χ3v) is 4.71. The molecule has 1 saturated carbocycles. The van der Waals surface area contributed by atoms with Crippen LogP contribution in [0.5, 0.6) is 11.5 Å². The molecule has 1 aromatic carbocycles. The van der Waals surface area contributed by atoms with Crippen LogP contribution in [0, 0.1) is 5.41 Å². The maximum absolute atomic E-state index is 6.33. The Morgan fingerprint density at radius 2 is 2.10 bits per heavy atom. The standard InChI is InChI=1S/C17H24ClNO2/c1-17(2)5-4-13(10-17)19-11-12-8-14(18)16-15(9-12)20-6-3-7-21-16/h8-9,13,19H,3-7,10-11H2,1-2H3. The van der Waals surface area contributed by atoms with Crippen LogP contribution in [0.2, 0.25) is 5.02 Å². The Morgan fingerprint density at radius 1 is 1.29 bits per heavy atom. The topological polar surface area (TPSA) is 30.5 Å². The van der Waals surface area contributed by atoms with E-state index >= 15 is 0 Å². The van der Waals surface area contributed by atoms with E-state index in [4.69, 9.17) is 21.1 Å². The van der Waals surface area contributed by atoms with E-state index in [1.54, 1.807) is 0 Å². The van der Waals surface area contributed by atoms with Gasteiger partial charge >= 0.3 is 0 Å². The number of fused-ring (bicyclic) bond motifs is 1. The maximum Gasteiger partial charge on any atom is 0.179 e. The van der Waals surface area contributed by atoms with Gasteiger partial charge in [-0.1, -0.05) is 25.4 Å². The van der Waals surface area contributed by atoms with Gasteiger partial charge in [0.05, 0.1) is 18.2 Å². The normalized spacial score (nSPS) is 23.9. The Labute approximate surface area is 132 Å². The summed E-state index contributed by atoms with van der Waals surface area (Å²) in [5, 5.41) is 4.30. The molecule has 1 N–H and O–H groups in total. The van der Waals surface area contributed by atoms with Crippen LogP contribution in [0.25, 0.3) is 0 Å². The highest BCUT2D eigenvalue weighted by Crippen LogP contribution is 2.39. The summed E-state index contributed by atoms with van der Waals surface area (Å²) in [4.78, 5) is 0. The molecule has 0 saturated heterocycles. The van der Waals surface area contributed by atoms with E-state index in [0.717, 1.165) is 24.3 Å². The van der Waals surface area contributed by atoms with Crippen molar-refractivity contribution >= 4 is 11.6 Å². The number of hydrogen-bond acceptors (Lipinski definition) is 3. The van der Waals surface area contributed by atoms with Gasteiger partial charge in [-0.05, 0) is 42.4 Å². The lowest BCUT2D eigenvalue weighted by atomic mass is 9.92. The average molecular weight is 310 g/mol. The predicted octanol–water partition coefficient (Wildman–Crippen LogP) is 4.17. The van der Waals surface area contributed by atoms with Crippen molar-refractivity contribution in [3.05, 3.63) is 22.7 Å². The van der Waals surface area contributed by atoms with E-state index in [1.165, 1.54) is 19.3 Å². The smallest absolute Gasteiger partial charge is 0.179 e. The molecule has 0 spiro atoms. The van der Waals surface area contributed by atoms with E-state index < -0.39 is 0 Å². The van der Waals surface area contributed by atoms with Gasteiger partial charge in [0.15, 0.2) is 11.5 Å². The molecule has 1 fully saturated rings. The molecule has 21 heavy (non-hydrogen) atoms. The molecule has 116 valence electrons. The van der Waals surface area contributed by atoms with Crippen LogP contribution in [0.1, 0.15) is 45.1 Å². The largest absolute Gasteiger partial charge is 0.489 e. The summed E-state index contributed by atoms with van der Waals surface area (Å²) in [6.07, 6.45) is 4.69. The van der Waals surface area contributed by atoms with E-state index in [2.05, 4.69) is 25.2 Å². The first-order valence-corrected chi connectivity index (χ1v) is 8.23. The zero-order valence-electron chi connectivity index (χ0n) is 12.9. The molecule has 0 radical (unpaired) electrons. The first-order chi connectivity index (χ1) is 10.0. The van der Waals surface area contributed by atoms with Crippen molar-refractivity contribution in [1.82, 2.24) is 5.32 Å². The van der Waals surface area contributed by atoms with E-state index in [-0.39, 0.29) is 0 Å². The van der Waals surface area contributed by atoms with E-state index in [0.29, 0.717) is 35.4 Å². The lowest BCUT2D eigenvalue weighted by Gasteiger charge is -2.18. The molecular weight excluding hydrogens is 286 g/mol. The van der Waals surface area contributed by atoms with Crippen LogP contribution < -0.4 is 14.8 Å². The Hall–Kier alpha value is -0.930. The minimum absolute atomic E-state index is 0.472. The van der Waals surface area contributed by atoms with Crippen LogP contribution >= 0.6 is 11.6 Å². The molecule has 3 nitrogen and oxygen atoms in total. The Bertz CT molecular complexity index is 516. The first-order valence-electron chi connectivity index (χ1n) is 7.85. The van der Waals surface area contributed by atoms with Crippen molar-refractivity contribution in [2.24, 2.45) is 5.41 Å². The molecule has 3 rings (SSSR count). The molecule has 2 aliphatic rings. The van der Waals surface area contributed by atoms with Crippen molar-refractivity contribution in [3.8, 4) is 11.5 Å². The fourth-order valence-corrected chi connectivity index (χ4v) is 3.55. The molecule has 1 aliphatic carbocycles. The van der Waals surface area contributed by atoms with Crippen LogP contribution in [-0.2, 0) is 6.54 Å². The molecule has 1 aromatic rings. The fourth-order valence-electron chi connectivity index (χ4n) is 3.26. The van der Waals surface area contributed by atoms with Crippen molar-refractivity contribution < 1.29 is 9.47 Å². The lowest BCUT2D eigenvalue weighted by molar-refractivity contribution is 0.297. The first kappa shape index (κ1) is 15.0. The summed E-state index contributed by atoms with van der Waals surface area (Å²) >= 11 is 6.33. The summed E-state index contributed by atoms with van der Waals surface area (Å²) in [5.41, 5.74) is 1.63. The van der Waals surface area contributed by atoms with Gasteiger partial charge < -0.3 is 14.8 Å². The number of benzene rings is 1. The molecule has 1 unspecified atom stereocenters. The van der Waals surface area contributed by atoms with Gasteiger partial charge in [0.1, 0.15) is 0 Å². The number of halogens is 1. The highest BCUT2D eigenvalue weighted by atomic mass is 35.5. The van der Waals surface area contributed by atoms with E-state index in [1.807, 2.05) is 6.07 Å². The predicted molar refractivity (Wildman–Crippen MR) is 85.3 cm³/mol. The zero-order valence-corrected chi connectivity index (χ0v) is 13.6. The van der Waals surface area contributed by atoms with Gasteiger partial charge in [0, 0.05) is 19.0 Å². The molecule has 0 amide bonds. The monoisotopic (exact) mass is 309 g/mol. The second-order valence-electron chi connectivity index (χ2n) is 6.94. The molecule has 0 aromatic heterocycles. The van der Waals surface area contributed by atoms with Crippen LogP contribution in [0.3, 0.4) is 0 Å². The van der Waals surface area contributed by atoms with Crippen molar-refractivity contribution in [3.63, 3.8) is 0 Å². The van der Waals surface area contributed by atoms with Gasteiger partial charge in [-0.3, -0.25) is 0 Å². The van der Waals surface area contributed by atoms with Crippen LogP contribution in [0.4, 0.5) is 0 Å². The van der Waals surface area contributed by atoms with Gasteiger partial charge in [0.2, 0.25) is 0 Å². The summed E-state index contributed by atoms with van der Waals surface area (Å²) in [5.74, 6) is 1.48. The van der Waals surface area contributed by atoms with Crippen molar-refractivity contribution in [2.45, 2.75) is 52.1 Å². The average Bonchev–Trinajstić information content (AvgIpc) is 2.63. The van der Waals surface area contributed by atoms with Gasteiger partial charge in [-0.2, -0.15) is 0 Å². The van der Waals surface area contributed by atoms with Crippen LogP contribution in [0.15, 0.2) is 12.1 Å². The summed E-state index contributed by atoms with van der Waals surface area (Å²) in [7, 11) is 0. The van der Waals surface area contributed by atoms with Gasteiger partial charge in [0.25, 0.3) is 0 Å². The number of hydrogen-bond donors (Lipinski definition) is 1. The molecule has 1 aliphatic heterocycles. The molecule has 1 heterocycles. The number of rotatable bonds is 3. The van der Waals surface area contributed by atoms with E-state index in [9.17, 15) is 0 Å². The summed E-state index contributed by atoms with van der Waals surface area (Å²) in [6.45, 7) is 6.88. The van der Waals surface area contributed by atoms with Gasteiger partial charge in [-0.25, -0.2) is 0 Å². The molecule has 0 bridgehead atoms. The zero-order chi connectivity index (χ0) is 14.9. The summed E-state index contributed by atoms with van der Waals surface area (Å²) < 4.78 is 11.4. The SMILES string of the molecule is CC1(C)CCC(NCc2cc(Cl)c3c(c2)OCCCO3)C1. The Balaban J connectivity index is 1.66. The number of ether oxygens (including phenoxy) is 2. The fraction of sp³-hybridized carbons (Fsp3) is 0.647. The highest BCUT2D eigenvalue weighted by Gasteiger charge is 2.30. The Kier molecular flexibility index (Phi) is 4.32. The number of nitrogens with one attached hydrogen (secondary N) is 1.